The number of rotatable bonds is 5. The van der Waals surface area contributed by atoms with E-state index in [1.165, 1.54) is 31.2 Å². The Balaban J connectivity index is 1.54. The van der Waals surface area contributed by atoms with Crippen LogP contribution < -0.4 is 5.32 Å². The summed E-state index contributed by atoms with van der Waals surface area (Å²) in [7, 11) is 0. The van der Waals surface area contributed by atoms with Gasteiger partial charge in [-0.3, -0.25) is 9.48 Å². The minimum absolute atomic E-state index is 0.0415. The van der Waals surface area contributed by atoms with Gasteiger partial charge in [0.05, 0.1) is 11.3 Å². The average molecular weight is 351 g/mol. The van der Waals surface area contributed by atoms with Gasteiger partial charge in [0, 0.05) is 24.7 Å². The van der Waals surface area contributed by atoms with Crippen molar-refractivity contribution in [1.29, 1.82) is 0 Å². The van der Waals surface area contributed by atoms with Gasteiger partial charge in [-0.2, -0.15) is 5.10 Å². The van der Waals surface area contributed by atoms with Gasteiger partial charge >= 0.3 is 0 Å². The van der Waals surface area contributed by atoms with E-state index in [9.17, 15) is 4.79 Å². The molecule has 0 spiro atoms. The van der Waals surface area contributed by atoms with E-state index in [0.29, 0.717) is 11.8 Å². The Morgan fingerprint density at radius 2 is 1.92 bits per heavy atom. The highest BCUT2D eigenvalue weighted by molar-refractivity contribution is 5.95. The maximum absolute atomic E-state index is 13.0. The van der Waals surface area contributed by atoms with Crippen LogP contribution in [0.3, 0.4) is 0 Å². The normalized spacial score (nSPS) is 27.5. The van der Waals surface area contributed by atoms with Crippen LogP contribution in [-0.4, -0.2) is 21.7 Å². The number of aromatic nitrogens is 2. The van der Waals surface area contributed by atoms with Crippen molar-refractivity contribution in [3.8, 4) is 0 Å². The number of hydrogen-bond acceptors (Lipinski definition) is 2. The van der Waals surface area contributed by atoms with Gasteiger partial charge in [-0.05, 0) is 43.6 Å². The van der Waals surface area contributed by atoms with E-state index in [0.717, 1.165) is 30.1 Å². The third-order valence-corrected chi connectivity index (χ3v) is 6.31. The molecule has 2 aliphatic rings. The predicted molar refractivity (Wildman–Crippen MR) is 103 cm³/mol. The van der Waals surface area contributed by atoms with Crippen LogP contribution in [0.15, 0.2) is 36.5 Å². The second kappa shape index (κ2) is 7.26. The summed E-state index contributed by atoms with van der Waals surface area (Å²) < 4.78 is 1.89. The number of carbonyl (C=O) groups is 1. The molecular formula is C22H29N3O. The first kappa shape index (κ1) is 17.3. The summed E-state index contributed by atoms with van der Waals surface area (Å²) >= 11 is 0. The number of nitrogens with zero attached hydrogens (tertiary/aromatic N) is 2. The van der Waals surface area contributed by atoms with E-state index in [1.807, 2.05) is 17.8 Å². The summed E-state index contributed by atoms with van der Waals surface area (Å²) in [4.78, 5) is 13.0. The lowest BCUT2D eigenvalue weighted by Gasteiger charge is -2.55. The van der Waals surface area contributed by atoms with Crippen molar-refractivity contribution in [2.75, 3.05) is 0 Å². The van der Waals surface area contributed by atoms with Crippen molar-refractivity contribution in [3.63, 3.8) is 0 Å². The first-order chi connectivity index (χ1) is 12.7. The van der Waals surface area contributed by atoms with Crippen LogP contribution in [0.25, 0.3) is 0 Å². The molecule has 4 nitrogen and oxygen atoms in total. The molecule has 138 valence electrons. The number of carbonyl (C=O) groups excluding carboxylic acids is 1. The summed E-state index contributed by atoms with van der Waals surface area (Å²) in [6, 6.07) is 11.0. The highest BCUT2D eigenvalue weighted by Crippen LogP contribution is 2.54. The number of benzene rings is 1. The van der Waals surface area contributed by atoms with E-state index in [4.69, 9.17) is 0 Å². The number of aryl methyl sites for hydroxylation is 2. The highest BCUT2D eigenvalue weighted by atomic mass is 16.1. The first-order valence-electron chi connectivity index (χ1n) is 10.1. The number of nitrogens with one attached hydrogen (secondary N) is 1. The highest BCUT2D eigenvalue weighted by Gasteiger charge is 2.51. The van der Waals surface area contributed by atoms with Crippen molar-refractivity contribution in [2.24, 2.45) is 11.8 Å². The van der Waals surface area contributed by atoms with Gasteiger partial charge in [0.15, 0.2) is 0 Å². The van der Waals surface area contributed by atoms with Crippen molar-refractivity contribution in [1.82, 2.24) is 15.1 Å². The quantitative estimate of drug-likeness (QED) is 0.873. The molecular weight excluding hydrogens is 322 g/mol. The molecule has 1 aromatic heterocycles. The molecule has 2 saturated carbocycles. The summed E-state index contributed by atoms with van der Waals surface area (Å²) in [5.41, 5.74) is 2.93. The predicted octanol–water partition coefficient (Wildman–Crippen LogP) is 4.30. The largest absolute Gasteiger partial charge is 0.348 e. The molecule has 1 aromatic carbocycles. The van der Waals surface area contributed by atoms with Gasteiger partial charge in [0.1, 0.15) is 0 Å². The van der Waals surface area contributed by atoms with Crippen LogP contribution in [-0.2, 0) is 6.54 Å². The fraction of sp³-hybridized carbons (Fsp3) is 0.545. The number of fused-ring (bicyclic) bond motifs is 1. The number of hydrogen-bond donors (Lipinski definition) is 1. The molecule has 1 amide bonds. The van der Waals surface area contributed by atoms with E-state index in [2.05, 4.69) is 47.7 Å². The van der Waals surface area contributed by atoms with Crippen LogP contribution in [0.1, 0.15) is 66.6 Å². The molecule has 2 unspecified atom stereocenters. The van der Waals surface area contributed by atoms with E-state index in [-0.39, 0.29) is 11.9 Å². The Hall–Kier alpha value is -2.10. The maximum Gasteiger partial charge on any atom is 0.254 e. The van der Waals surface area contributed by atoms with Crippen LogP contribution in [0.5, 0.6) is 0 Å². The lowest BCUT2D eigenvalue weighted by Crippen LogP contribution is -2.59. The number of amides is 1. The minimum Gasteiger partial charge on any atom is -0.348 e. The lowest BCUT2D eigenvalue weighted by atomic mass is 9.53. The van der Waals surface area contributed by atoms with Crippen LogP contribution >= 0.6 is 0 Å². The van der Waals surface area contributed by atoms with E-state index >= 15 is 0 Å². The summed E-state index contributed by atoms with van der Waals surface area (Å²) in [6.45, 7) is 4.91. The van der Waals surface area contributed by atoms with Crippen molar-refractivity contribution in [3.05, 3.63) is 53.3 Å². The third-order valence-electron chi connectivity index (χ3n) is 6.31. The third kappa shape index (κ3) is 3.06. The Kier molecular flexibility index (Phi) is 4.84. The smallest absolute Gasteiger partial charge is 0.254 e. The fourth-order valence-electron chi connectivity index (χ4n) is 5.11. The SMILES string of the molecule is CCCn1cc(C(=O)N[C@H]2C3CCCCC3[C@@H]2c2ccccc2)c(C)n1. The van der Waals surface area contributed by atoms with Crippen LogP contribution in [0.4, 0.5) is 0 Å². The monoisotopic (exact) mass is 351 g/mol. The topological polar surface area (TPSA) is 46.9 Å². The molecule has 4 rings (SSSR count). The fourth-order valence-corrected chi connectivity index (χ4v) is 5.11. The van der Waals surface area contributed by atoms with Gasteiger partial charge in [0.25, 0.3) is 5.91 Å². The maximum atomic E-state index is 13.0. The lowest BCUT2D eigenvalue weighted by molar-refractivity contribution is 0.0252. The van der Waals surface area contributed by atoms with Crippen LogP contribution in [0, 0.1) is 18.8 Å². The molecule has 0 radical (unpaired) electrons. The Morgan fingerprint density at radius 1 is 1.19 bits per heavy atom. The standard InChI is InChI=1S/C22H29N3O/c1-3-13-25-14-19(15(2)24-25)22(26)23-21-18-12-8-7-11-17(18)20(21)16-9-5-4-6-10-16/h4-6,9-10,14,17-18,20-21H,3,7-8,11-13H2,1-2H3,(H,23,26)/t17?,18?,20-,21-/m0/s1. The van der Waals surface area contributed by atoms with Gasteiger partial charge in [0.2, 0.25) is 0 Å². The average Bonchev–Trinajstić information content (AvgIpc) is 3.01. The molecule has 4 heteroatoms. The van der Waals surface area contributed by atoms with Crippen molar-refractivity contribution < 1.29 is 4.79 Å². The summed E-state index contributed by atoms with van der Waals surface area (Å²) in [5, 5.41) is 7.87. The van der Waals surface area contributed by atoms with E-state index < -0.39 is 0 Å². The second-order valence-electron chi connectivity index (χ2n) is 7.94. The van der Waals surface area contributed by atoms with Gasteiger partial charge in [-0.25, -0.2) is 0 Å². The minimum atomic E-state index is 0.0415. The second-order valence-corrected chi connectivity index (χ2v) is 7.94. The Bertz CT molecular complexity index is 767. The zero-order valence-corrected chi connectivity index (χ0v) is 15.8. The zero-order chi connectivity index (χ0) is 18.1. The molecule has 0 aliphatic heterocycles. The van der Waals surface area contributed by atoms with Crippen molar-refractivity contribution >= 4 is 5.91 Å². The van der Waals surface area contributed by atoms with Gasteiger partial charge in [-0.1, -0.05) is 50.1 Å². The summed E-state index contributed by atoms with van der Waals surface area (Å²) in [5.74, 6) is 1.85. The zero-order valence-electron chi connectivity index (χ0n) is 15.8. The summed E-state index contributed by atoms with van der Waals surface area (Å²) in [6.07, 6.45) is 8.08. The Morgan fingerprint density at radius 3 is 2.65 bits per heavy atom. The molecule has 26 heavy (non-hydrogen) atoms. The Labute approximate surface area is 156 Å². The molecule has 4 atom stereocenters. The molecule has 1 N–H and O–H groups in total. The molecule has 0 bridgehead atoms. The molecule has 2 fully saturated rings. The van der Waals surface area contributed by atoms with Gasteiger partial charge in [-0.15, -0.1) is 0 Å². The molecule has 1 heterocycles. The van der Waals surface area contributed by atoms with E-state index in [1.54, 1.807) is 0 Å². The van der Waals surface area contributed by atoms with Gasteiger partial charge < -0.3 is 5.32 Å². The molecule has 0 saturated heterocycles. The molecule has 2 aliphatic carbocycles. The first-order valence-corrected chi connectivity index (χ1v) is 10.1. The van der Waals surface area contributed by atoms with Crippen molar-refractivity contribution in [2.45, 2.75) is 64.5 Å². The van der Waals surface area contributed by atoms with Crippen LogP contribution in [0.2, 0.25) is 0 Å². The molecule has 2 aromatic rings.